The van der Waals surface area contributed by atoms with Crippen molar-refractivity contribution in [2.24, 2.45) is 0 Å². The summed E-state index contributed by atoms with van der Waals surface area (Å²) in [6, 6.07) is 7.52. The van der Waals surface area contributed by atoms with Crippen LogP contribution in [0.5, 0.6) is 0 Å². The number of aliphatic hydroxyl groups is 1. The molecule has 0 radical (unpaired) electrons. The van der Waals surface area contributed by atoms with Gasteiger partial charge < -0.3 is 5.11 Å². The lowest BCUT2D eigenvalue weighted by atomic mass is 10.2. The number of hydrogen-bond donors (Lipinski definition) is 1. The average molecular weight is 237 g/mol. The van der Waals surface area contributed by atoms with Gasteiger partial charge in [-0.05, 0) is 43.2 Å². The summed E-state index contributed by atoms with van der Waals surface area (Å²) >= 11 is 5.83. The Morgan fingerprint density at radius 1 is 1.31 bits per heavy atom. The molecule has 1 heterocycles. The summed E-state index contributed by atoms with van der Waals surface area (Å²) in [5, 5.41) is 13.9. The lowest BCUT2D eigenvalue weighted by Crippen LogP contribution is -2.00. The third-order valence-electron chi connectivity index (χ3n) is 2.56. The van der Waals surface area contributed by atoms with Crippen molar-refractivity contribution in [1.82, 2.24) is 9.78 Å². The van der Waals surface area contributed by atoms with Gasteiger partial charge in [0.1, 0.15) is 0 Å². The van der Waals surface area contributed by atoms with Gasteiger partial charge in [-0.15, -0.1) is 0 Å². The molecule has 0 atom stereocenters. The van der Waals surface area contributed by atoms with Gasteiger partial charge in [0.25, 0.3) is 0 Å². The van der Waals surface area contributed by atoms with Crippen LogP contribution in [0.15, 0.2) is 30.5 Å². The van der Waals surface area contributed by atoms with Crippen LogP contribution in [-0.4, -0.2) is 21.5 Å². The molecular formula is C12H13ClN2O. The number of nitrogens with zero attached hydrogens (tertiary/aromatic N) is 2. The van der Waals surface area contributed by atoms with Crippen molar-refractivity contribution in [1.29, 1.82) is 0 Å². The van der Waals surface area contributed by atoms with Crippen molar-refractivity contribution in [2.45, 2.75) is 13.3 Å². The van der Waals surface area contributed by atoms with E-state index in [4.69, 9.17) is 16.7 Å². The number of aromatic nitrogens is 2. The minimum Gasteiger partial charge on any atom is -0.396 e. The summed E-state index contributed by atoms with van der Waals surface area (Å²) in [6.07, 6.45) is 2.43. The third-order valence-corrected chi connectivity index (χ3v) is 2.82. The monoisotopic (exact) mass is 236 g/mol. The van der Waals surface area contributed by atoms with E-state index in [1.165, 1.54) is 0 Å². The average Bonchev–Trinajstić information content (AvgIpc) is 2.63. The van der Waals surface area contributed by atoms with E-state index in [0.717, 1.165) is 16.9 Å². The van der Waals surface area contributed by atoms with E-state index in [1.54, 1.807) is 6.20 Å². The smallest absolute Gasteiger partial charge is 0.0649 e. The molecule has 0 saturated heterocycles. The zero-order chi connectivity index (χ0) is 11.5. The molecule has 2 aromatic rings. The Kier molecular flexibility index (Phi) is 3.27. The number of aliphatic hydroxyl groups excluding tert-OH is 1. The molecule has 2 rings (SSSR count). The van der Waals surface area contributed by atoms with Crippen molar-refractivity contribution in [3.05, 3.63) is 46.7 Å². The molecular weight excluding hydrogens is 224 g/mol. The van der Waals surface area contributed by atoms with Crippen molar-refractivity contribution >= 4 is 11.6 Å². The maximum absolute atomic E-state index is 8.91. The largest absolute Gasteiger partial charge is 0.396 e. The van der Waals surface area contributed by atoms with Crippen molar-refractivity contribution in [2.75, 3.05) is 6.61 Å². The molecule has 0 unspecified atom stereocenters. The molecule has 0 aliphatic rings. The fourth-order valence-electron chi connectivity index (χ4n) is 1.65. The highest BCUT2D eigenvalue weighted by atomic mass is 35.5. The van der Waals surface area contributed by atoms with Crippen LogP contribution in [0.25, 0.3) is 5.69 Å². The number of benzene rings is 1. The van der Waals surface area contributed by atoms with E-state index >= 15 is 0 Å². The first-order valence-electron chi connectivity index (χ1n) is 5.12. The second-order valence-electron chi connectivity index (χ2n) is 3.62. The molecule has 1 aromatic heterocycles. The van der Waals surface area contributed by atoms with Gasteiger partial charge >= 0.3 is 0 Å². The SMILES string of the molecule is Cc1c(CCO)cnn1-c1ccc(Cl)cc1. The van der Waals surface area contributed by atoms with E-state index in [0.29, 0.717) is 11.4 Å². The fourth-order valence-corrected chi connectivity index (χ4v) is 1.78. The Hall–Kier alpha value is -1.32. The molecule has 0 spiro atoms. The van der Waals surface area contributed by atoms with Crippen LogP contribution >= 0.6 is 11.6 Å². The van der Waals surface area contributed by atoms with Crippen LogP contribution in [-0.2, 0) is 6.42 Å². The second-order valence-corrected chi connectivity index (χ2v) is 4.05. The van der Waals surface area contributed by atoms with Crippen LogP contribution in [0.1, 0.15) is 11.3 Å². The highest BCUT2D eigenvalue weighted by molar-refractivity contribution is 6.30. The van der Waals surface area contributed by atoms with E-state index < -0.39 is 0 Å². The van der Waals surface area contributed by atoms with Gasteiger partial charge in [0.2, 0.25) is 0 Å². The van der Waals surface area contributed by atoms with Gasteiger partial charge in [-0.25, -0.2) is 4.68 Å². The van der Waals surface area contributed by atoms with Crippen LogP contribution < -0.4 is 0 Å². The number of halogens is 1. The van der Waals surface area contributed by atoms with Crippen LogP contribution in [0, 0.1) is 6.92 Å². The Labute approximate surface area is 99.3 Å². The Morgan fingerprint density at radius 2 is 2.00 bits per heavy atom. The Bertz CT molecular complexity index is 476. The molecule has 0 aliphatic carbocycles. The molecule has 3 nitrogen and oxygen atoms in total. The van der Waals surface area contributed by atoms with Crippen molar-refractivity contribution in [3.63, 3.8) is 0 Å². The maximum Gasteiger partial charge on any atom is 0.0649 e. The molecule has 1 N–H and O–H groups in total. The van der Waals surface area contributed by atoms with Crippen LogP contribution in [0.3, 0.4) is 0 Å². The van der Waals surface area contributed by atoms with E-state index in [-0.39, 0.29) is 6.61 Å². The Balaban J connectivity index is 2.37. The van der Waals surface area contributed by atoms with Crippen molar-refractivity contribution in [3.8, 4) is 5.69 Å². The van der Waals surface area contributed by atoms with Gasteiger partial charge in [-0.2, -0.15) is 5.10 Å². The first-order chi connectivity index (χ1) is 7.72. The number of rotatable bonds is 3. The molecule has 0 bridgehead atoms. The minimum atomic E-state index is 0.146. The van der Waals surface area contributed by atoms with Gasteiger partial charge in [-0.3, -0.25) is 0 Å². The lowest BCUT2D eigenvalue weighted by molar-refractivity contribution is 0.299. The summed E-state index contributed by atoms with van der Waals surface area (Å²) in [5.41, 5.74) is 3.10. The van der Waals surface area contributed by atoms with Gasteiger partial charge in [0.05, 0.1) is 11.9 Å². The highest BCUT2D eigenvalue weighted by Crippen LogP contribution is 2.16. The van der Waals surface area contributed by atoms with Crippen LogP contribution in [0.2, 0.25) is 5.02 Å². The van der Waals surface area contributed by atoms with E-state index in [2.05, 4.69) is 5.10 Å². The quantitative estimate of drug-likeness (QED) is 0.889. The zero-order valence-corrected chi connectivity index (χ0v) is 9.78. The van der Waals surface area contributed by atoms with Gasteiger partial charge in [-0.1, -0.05) is 11.6 Å². The van der Waals surface area contributed by atoms with Gasteiger partial charge in [0.15, 0.2) is 0 Å². The number of hydrogen-bond acceptors (Lipinski definition) is 2. The summed E-state index contributed by atoms with van der Waals surface area (Å²) in [4.78, 5) is 0. The Morgan fingerprint density at radius 3 is 2.62 bits per heavy atom. The summed E-state index contributed by atoms with van der Waals surface area (Å²) < 4.78 is 1.85. The highest BCUT2D eigenvalue weighted by Gasteiger charge is 2.07. The molecule has 1 aromatic carbocycles. The molecule has 0 saturated carbocycles. The standard InChI is InChI=1S/C12H13ClN2O/c1-9-10(6-7-16)8-14-15(9)12-4-2-11(13)3-5-12/h2-5,8,16H,6-7H2,1H3. The van der Waals surface area contributed by atoms with Gasteiger partial charge in [0, 0.05) is 17.3 Å². The predicted octanol–water partition coefficient (Wildman–Crippen LogP) is 2.37. The fraction of sp³-hybridized carbons (Fsp3) is 0.250. The molecule has 16 heavy (non-hydrogen) atoms. The van der Waals surface area contributed by atoms with Crippen LogP contribution in [0.4, 0.5) is 0 Å². The van der Waals surface area contributed by atoms with E-state index in [1.807, 2.05) is 35.9 Å². The third kappa shape index (κ3) is 2.10. The normalized spacial score (nSPS) is 10.7. The minimum absolute atomic E-state index is 0.146. The molecule has 84 valence electrons. The van der Waals surface area contributed by atoms with E-state index in [9.17, 15) is 0 Å². The second kappa shape index (κ2) is 4.68. The maximum atomic E-state index is 8.91. The van der Waals surface area contributed by atoms with Crippen molar-refractivity contribution < 1.29 is 5.11 Å². The molecule has 0 aliphatic heterocycles. The summed E-state index contributed by atoms with van der Waals surface area (Å²) in [7, 11) is 0. The zero-order valence-electron chi connectivity index (χ0n) is 9.02. The lowest BCUT2D eigenvalue weighted by Gasteiger charge is -2.05. The summed E-state index contributed by atoms with van der Waals surface area (Å²) in [6.45, 7) is 2.14. The predicted molar refractivity (Wildman–Crippen MR) is 64.1 cm³/mol. The first kappa shape index (κ1) is 11.2. The molecule has 0 fully saturated rings. The molecule has 0 amide bonds. The molecule has 4 heteroatoms. The summed E-state index contributed by atoms with van der Waals surface area (Å²) in [5.74, 6) is 0. The topological polar surface area (TPSA) is 38.1 Å². The first-order valence-corrected chi connectivity index (χ1v) is 5.50.